The normalized spacial score (nSPS) is 10.1. The van der Waals surface area contributed by atoms with Crippen molar-refractivity contribution in [3.63, 3.8) is 0 Å². The van der Waals surface area contributed by atoms with Crippen molar-refractivity contribution in [3.05, 3.63) is 0 Å². The second-order valence-corrected chi connectivity index (χ2v) is 3.73. The summed E-state index contributed by atoms with van der Waals surface area (Å²) in [4.78, 5) is 11.1. The molecule has 4 nitrogen and oxygen atoms in total. The van der Waals surface area contributed by atoms with Crippen molar-refractivity contribution >= 4 is 11.9 Å². The summed E-state index contributed by atoms with van der Waals surface area (Å²) in [6.07, 6.45) is 3.73. The minimum atomic E-state index is -0.133. The fourth-order valence-corrected chi connectivity index (χ4v) is 1.16. The first-order valence-electron chi connectivity index (χ1n) is 5.37. The second kappa shape index (κ2) is 8.26. The lowest BCUT2D eigenvalue weighted by atomic mass is 10.1. The number of carbonyl (C=O) groups is 1. The zero-order valence-electron chi connectivity index (χ0n) is 9.84. The van der Waals surface area contributed by atoms with Gasteiger partial charge in [0.1, 0.15) is 0 Å². The fourth-order valence-electron chi connectivity index (χ4n) is 1.16. The molecule has 0 saturated carbocycles. The molecule has 0 aromatic heterocycles. The molecule has 88 valence electrons. The molecule has 0 aliphatic rings. The maximum Gasteiger partial charge on any atom is 0.306 e. The Kier molecular flexibility index (Phi) is 7.68. The number of rotatable bonds is 7. The summed E-state index contributed by atoms with van der Waals surface area (Å²) in [6.45, 7) is 3.69. The van der Waals surface area contributed by atoms with Gasteiger partial charge in [0.15, 0.2) is 5.90 Å². The van der Waals surface area contributed by atoms with Crippen LogP contribution in [0.25, 0.3) is 0 Å². The Labute approximate surface area is 91.5 Å². The van der Waals surface area contributed by atoms with E-state index in [-0.39, 0.29) is 12.1 Å². The van der Waals surface area contributed by atoms with E-state index in [0.717, 1.165) is 19.3 Å². The van der Waals surface area contributed by atoms with E-state index in [1.165, 1.54) is 7.11 Å². The third kappa shape index (κ3) is 9.25. The van der Waals surface area contributed by atoms with Crippen LogP contribution >= 0.6 is 0 Å². The highest BCUT2D eigenvalue weighted by Gasteiger charge is 2.04. The van der Waals surface area contributed by atoms with Gasteiger partial charge in [0.05, 0.1) is 13.2 Å². The maximum atomic E-state index is 11.1. The first kappa shape index (κ1) is 13.9. The summed E-state index contributed by atoms with van der Waals surface area (Å²) in [5.41, 5.74) is 0. The van der Waals surface area contributed by atoms with E-state index in [0.29, 0.717) is 18.7 Å². The van der Waals surface area contributed by atoms with Crippen LogP contribution in [-0.2, 0) is 14.3 Å². The Bertz CT molecular complexity index is 202. The van der Waals surface area contributed by atoms with Crippen molar-refractivity contribution in [2.24, 2.45) is 0 Å². The van der Waals surface area contributed by atoms with Gasteiger partial charge in [-0.05, 0) is 26.7 Å². The Morgan fingerprint density at radius 1 is 1.20 bits per heavy atom. The highest BCUT2D eigenvalue weighted by Crippen LogP contribution is 2.05. The quantitative estimate of drug-likeness (QED) is 0.307. The van der Waals surface area contributed by atoms with E-state index in [9.17, 15) is 4.79 Å². The number of ether oxygens (including phenoxy) is 2. The molecule has 0 heterocycles. The van der Waals surface area contributed by atoms with Crippen molar-refractivity contribution in [1.82, 2.24) is 0 Å². The molecule has 4 heteroatoms. The maximum absolute atomic E-state index is 11.1. The molecule has 0 aliphatic heterocycles. The van der Waals surface area contributed by atoms with Crippen LogP contribution in [0.1, 0.15) is 46.0 Å². The van der Waals surface area contributed by atoms with Gasteiger partial charge in [0.25, 0.3) is 0 Å². The zero-order valence-corrected chi connectivity index (χ0v) is 9.84. The average molecular weight is 215 g/mol. The van der Waals surface area contributed by atoms with Gasteiger partial charge in [-0.3, -0.25) is 10.2 Å². The number of hydrogen-bond donors (Lipinski definition) is 1. The van der Waals surface area contributed by atoms with E-state index in [2.05, 4.69) is 0 Å². The second-order valence-electron chi connectivity index (χ2n) is 3.73. The Hall–Kier alpha value is -1.06. The van der Waals surface area contributed by atoms with Crippen molar-refractivity contribution in [2.75, 3.05) is 7.11 Å². The molecule has 0 aromatic rings. The molecular formula is C11H21NO3. The van der Waals surface area contributed by atoms with E-state index in [4.69, 9.17) is 14.9 Å². The number of carbonyl (C=O) groups excluding carboxylic acids is 1. The van der Waals surface area contributed by atoms with Crippen LogP contribution in [0.4, 0.5) is 0 Å². The lowest BCUT2D eigenvalue weighted by Crippen LogP contribution is -2.10. The van der Waals surface area contributed by atoms with Crippen LogP contribution in [0, 0.1) is 5.41 Å². The van der Waals surface area contributed by atoms with Crippen LogP contribution < -0.4 is 0 Å². The molecule has 0 fully saturated rings. The van der Waals surface area contributed by atoms with E-state index >= 15 is 0 Å². The molecule has 0 radical (unpaired) electrons. The van der Waals surface area contributed by atoms with Crippen molar-refractivity contribution in [3.8, 4) is 0 Å². The van der Waals surface area contributed by atoms with Crippen molar-refractivity contribution < 1.29 is 14.3 Å². The predicted molar refractivity (Wildman–Crippen MR) is 59.0 cm³/mol. The van der Waals surface area contributed by atoms with Crippen LogP contribution in [0.3, 0.4) is 0 Å². The average Bonchev–Trinajstić information content (AvgIpc) is 2.15. The van der Waals surface area contributed by atoms with Crippen LogP contribution in [0.15, 0.2) is 0 Å². The van der Waals surface area contributed by atoms with Crippen LogP contribution in [0.5, 0.6) is 0 Å². The number of nitrogens with one attached hydrogen (secondary N) is 1. The summed E-state index contributed by atoms with van der Waals surface area (Å²) < 4.78 is 9.72. The van der Waals surface area contributed by atoms with Crippen molar-refractivity contribution in [1.29, 1.82) is 5.41 Å². The molecule has 15 heavy (non-hydrogen) atoms. The predicted octanol–water partition coefficient (Wildman–Crippen LogP) is 2.51. The fraction of sp³-hybridized carbons (Fsp3) is 0.818. The smallest absolute Gasteiger partial charge is 0.306 e. The summed E-state index contributed by atoms with van der Waals surface area (Å²) in [5.74, 6) is 0.173. The summed E-state index contributed by atoms with van der Waals surface area (Å²) >= 11 is 0. The summed E-state index contributed by atoms with van der Waals surface area (Å²) in [5, 5.41) is 7.24. The summed E-state index contributed by atoms with van der Waals surface area (Å²) in [7, 11) is 1.50. The van der Waals surface area contributed by atoms with Gasteiger partial charge in [-0.2, -0.15) is 0 Å². The van der Waals surface area contributed by atoms with Gasteiger partial charge in [0, 0.05) is 12.8 Å². The van der Waals surface area contributed by atoms with Gasteiger partial charge >= 0.3 is 5.97 Å². The van der Waals surface area contributed by atoms with E-state index in [1.807, 2.05) is 13.8 Å². The molecule has 0 spiro atoms. The standard InChI is InChI=1S/C11H21NO3/c1-9(2)15-11(13)8-6-4-5-7-10(12)14-3/h9,12H,4-8H2,1-3H3. The largest absolute Gasteiger partial charge is 0.484 e. The molecule has 0 aromatic carbocycles. The molecule has 0 saturated heterocycles. The summed E-state index contributed by atoms with van der Waals surface area (Å²) in [6, 6.07) is 0. The highest BCUT2D eigenvalue weighted by atomic mass is 16.5. The van der Waals surface area contributed by atoms with E-state index in [1.54, 1.807) is 0 Å². The van der Waals surface area contributed by atoms with Gasteiger partial charge < -0.3 is 9.47 Å². The Morgan fingerprint density at radius 2 is 1.80 bits per heavy atom. The number of methoxy groups -OCH3 is 1. The zero-order chi connectivity index (χ0) is 11.7. The topological polar surface area (TPSA) is 59.4 Å². The van der Waals surface area contributed by atoms with Gasteiger partial charge in [0.2, 0.25) is 0 Å². The Morgan fingerprint density at radius 3 is 2.33 bits per heavy atom. The molecule has 0 atom stereocenters. The molecule has 0 aliphatic carbocycles. The Balaban J connectivity index is 3.31. The molecule has 1 N–H and O–H groups in total. The highest BCUT2D eigenvalue weighted by molar-refractivity contribution is 5.72. The minimum Gasteiger partial charge on any atom is -0.484 e. The molecule has 0 unspecified atom stereocenters. The lowest BCUT2D eigenvalue weighted by molar-refractivity contribution is -0.147. The third-order valence-corrected chi connectivity index (χ3v) is 1.90. The first-order valence-corrected chi connectivity index (χ1v) is 5.37. The number of esters is 1. The van der Waals surface area contributed by atoms with Gasteiger partial charge in [-0.25, -0.2) is 0 Å². The number of hydrogen-bond acceptors (Lipinski definition) is 4. The molecule has 0 bridgehead atoms. The van der Waals surface area contributed by atoms with Crippen LogP contribution in [0.2, 0.25) is 0 Å². The van der Waals surface area contributed by atoms with Crippen LogP contribution in [-0.4, -0.2) is 25.1 Å². The molecule has 0 amide bonds. The SMILES string of the molecule is COC(=N)CCCCCC(=O)OC(C)C. The minimum absolute atomic E-state index is 0.0285. The van der Waals surface area contributed by atoms with Gasteiger partial charge in [-0.15, -0.1) is 0 Å². The van der Waals surface area contributed by atoms with Crippen molar-refractivity contribution in [2.45, 2.75) is 52.1 Å². The molecular weight excluding hydrogens is 194 g/mol. The first-order chi connectivity index (χ1) is 7.06. The molecule has 0 rings (SSSR count). The number of unbranched alkanes of at least 4 members (excludes halogenated alkanes) is 2. The third-order valence-electron chi connectivity index (χ3n) is 1.90. The monoisotopic (exact) mass is 215 g/mol. The van der Waals surface area contributed by atoms with E-state index < -0.39 is 0 Å². The lowest BCUT2D eigenvalue weighted by Gasteiger charge is -2.07. The van der Waals surface area contributed by atoms with Gasteiger partial charge in [-0.1, -0.05) is 6.42 Å².